The minimum Gasteiger partial charge on any atom is -0.351 e. The van der Waals surface area contributed by atoms with Gasteiger partial charge in [0.2, 0.25) is 0 Å². The lowest BCUT2D eigenvalue weighted by atomic mass is 10.1. The predicted octanol–water partition coefficient (Wildman–Crippen LogP) is 2.32. The maximum atomic E-state index is 12.9. The zero-order chi connectivity index (χ0) is 15.8. The third kappa shape index (κ3) is 2.13. The van der Waals surface area contributed by atoms with Gasteiger partial charge in [0.25, 0.3) is 5.91 Å². The molecule has 4 nitrogen and oxygen atoms in total. The molecular formula is C19H17N3O. The molecule has 2 aliphatic heterocycles. The first kappa shape index (κ1) is 13.7. The molecule has 23 heavy (non-hydrogen) atoms. The first-order chi connectivity index (χ1) is 11.3. The van der Waals surface area contributed by atoms with Crippen LogP contribution in [-0.2, 0) is 4.79 Å². The summed E-state index contributed by atoms with van der Waals surface area (Å²) in [5.41, 5.74) is 3.11. The van der Waals surface area contributed by atoms with Gasteiger partial charge in [-0.3, -0.25) is 9.69 Å². The van der Waals surface area contributed by atoms with E-state index >= 15 is 0 Å². The van der Waals surface area contributed by atoms with Crippen molar-refractivity contribution in [2.24, 2.45) is 0 Å². The van der Waals surface area contributed by atoms with E-state index in [9.17, 15) is 4.79 Å². The third-order valence-electron chi connectivity index (χ3n) is 4.50. The Balaban J connectivity index is 1.73. The lowest BCUT2D eigenvalue weighted by molar-refractivity contribution is -0.119. The van der Waals surface area contributed by atoms with E-state index < -0.39 is 0 Å². The van der Waals surface area contributed by atoms with Gasteiger partial charge in [-0.25, -0.2) is 0 Å². The monoisotopic (exact) mass is 303 g/mol. The highest BCUT2D eigenvalue weighted by atomic mass is 16.2. The van der Waals surface area contributed by atoms with Gasteiger partial charge in [-0.15, -0.1) is 6.42 Å². The molecule has 4 rings (SSSR count). The molecule has 2 aliphatic rings. The van der Waals surface area contributed by atoms with E-state index in [1.165, 1.54) is 0 Å². The van der Waals surface area contributed by atoms with E-state index in [0.29, 0.717) is 19.8 Å². The number of hydrogen-bond acceptors (Lipinski definition) is 3. The fraction of sp³-hybridized carbons (Fsp3) is 0.211. The Hall–Kier alpha value is -2.93. The quantitative estimate of drug-likeness (QED) is 0.797. The molecular weight excluding hydrogens is 286 g/mol. The molecule has 0 spiro atoms. The number of fused-ring (bicyclic) bond motifs is 3. The number of hydrogen-bond donors (Lipinski definition) is 0. The van der Waals surface area contributed by atoms with Crippen molar-refractivity contribution in [3.63, 3.8) is 0 Å². The van der Waals surface area contributed by atoms with E-state index in [2.05, 4.69) is 33.9 Å². The summed E-state index contributed by atoms with van der Waals surface area (Å²) in [4.78, 5) is 19.0. The molecule has 0 bridgehead atoms. The van der Waals surface area contributed by atoms with Gasteiger partial charge < -0.3 is 9.80 Å². The Morgan fingerprint density at radius 3 is 2.48 bits per heavy atom. The standard InChI is InChI=1S/C19H17N3O/c1-2-12-21-16-10-6-7-11-17(16)22-14-20(13-18(22)19(21)23)15-8-4-3-5-9-15/h1,3-11,18H,12-14H2/t18-/m0/s1. The van der Waals surface area contributed by atoms with Crippen LogP contribution >= 0.6 is 0 Å². The van der Waals surface area contributed by atoms with Crippen molar-refractivity contribution in [3.05, 3.63) is 54.6 Å². The molecule has 0 radical (unpaired) electrons. The summed E-state index contributed by atoms with van der Waals surface area (Å²) in [6, 6.07) is 18.0. The smallest absolute Gasteiger partial charge is 0.252 e. The first-order valence-electron chi connectivity index (χ1n) is 7.70. The number of amides is 1. The van der Waals surface area contributed by atoms with Crippen molar-refractivity contribution in [3.8, 4) is 12.3 Å². The van der Waals surface area contributed by atoms with Gasteiger partial charge >= 0.3 is 0 Å². The molecule has 0 saturated carbocycles. The largest absolute Gasteiger partial charge is 0.351 e. The third-order valence-corrected chi connectivity index (χ3v) is 4.50. The van der Waals surface area contributed by atoms with E-state index in [0.717, 1.165) is 17.1 Å². The Morgan fingerprint density at radius 1 is 1.04 bits per heavy atom. The second-order valence-corrected chi connectivity index (χ2v) is 5.80. The normalized spacial score (nSPS) is 19.3. The summed E-state index contributed by atoms with van der Waals surface area (Å²) in [6.07, 6.45) is 5.47. The number of nitrogens with zero attached hydrogens (tertiary/aromatic N) is 3. The molecule has 0 aliphatic carbocycles. The molecule has 2 aromatic carbocycles. The summed E-state index contributed by atoms with van der Waals surface area (Å²) < 4.78 is 0. The van der Waals surface area contributed by atoms with Gasteiger partial charge in [-0.1, -0.05) is 36.3 Å². The van der Waals surface area contributed by atoms with Crippen LogP contribution in [0.15, 0.2) is 54.6 Å². The number of carbonyl (C=O) groups is 1. The SMILES string of the molecule is C#CCN1C(=O)[C@@H]2CN(c3ccccc3)CN2c2ccccc21. The molecule has 1 atom stereocenters. The second-order valence-electron chi connectivity index (χ2n) is 5.80. The molecule has 1 amide bonds. The topological polar surface area (TPSA) is 26.8 Å². The van der Waals surface area contributed by atoms with Crippen LogP contribution < -0.4 is 14.7 Å². The van der Waals surface area contributed by atoms with Gasteiger partial charge in [0.05, 0.1) is 24.6 Å². The van der Waals surface area contributed by atoms with E-state index in [1.54, 1.807) is 4.90 Å². The summed E-state index contributed by atoms with van der Waals surface area (Å²) in [5, 5.41) is 0. The zero-order valence-corrected chi connectivity index (χ0v) is 12.7. The lowest BCUT2D eigenvalue weighted by Crippen LogP contribution is -2.51. The Morgan fingerprint density at radius 2 is 1.74 bits per heavy atom. The molecule has 0 N–H and O–H groups in total. The van der Waals surface area contributed by atoms with E-state index in [-0.39, 0.29) is 11.9 Å². The molecule has 4 heteroatoms. The number of benzene rings is 2. The number of terminal acetylenes is 1. The van der Waals surface area contributed by atoms with Crippen molar-refractivity contribution in [1.82, 2.24) is 0 Å². The first-order valence-corrected chi connectivity index (χ1v) is 7.70. The average molecular weight is 303 g/mol. The van der Waals surface area contributed by atoms with Crippen molar-refractivity contribution in [2.75, 3.05) is 34.5 Å². The maximum absolute atomic E-state index is 12.9. The zero-order valence-electron chi connectivity index (χ0n) is 12.7. The summed E-state index contributed by atoms with van der Waals surface area (Å²) in [7, 11) is 0. The van der Waals surface area contributed by atoms with Gasteiger partial charge in [0, 0.05) is 12.2 Å². The van der Waals surface area contributed by atoms with Gasteiger partial charge in [-0.2, -0.15) is 0 Å². The van der Waals surface area contributed by atoms with Crippen LogP contribution in [0.1, 0.15) is 0 Å². The fourth-order valence-corrected chi connectivity index (χ4v) is 3.42. The van der Waals surface area contributed by atoms with Crippen LogP contribution in [0.3, 0.4) is 0 Å². The maximum Gasteiger partial charge on any atom is 0.252 e. The minimum absolute atomic E-state index is 0.0834. The molecule has 1 fully saturated rings. The summed E-state index contributed by atoms with van der Waals surface area (Å²) in [5.74, 6) is 2.69. The highest BCUT2D eigenvalue weighted by molar-refractivity contribution is 6.06. The molecule has 0 aromatic heterocycles. The van der Waals surface area contributed by atoms with Gasteiger partial charge in [0.15, 0.2) is 0 Å². The Labute approximate surface area is 135 Å². The summed E-state index contributed by atoms with van der Waals surface area (Å²) in [6.45, 7) is 1.70. The van der Waals surface area contributed by atoms with Crippen LogP contribution in [-0.4, -0.2) is 31.7 Å². The van der Waals surface area contributed by atoms with Crippen molar-refractivity contribution in [2.45, 2.75) is 6.04 Å². The summed E-state index contributed by atoms with van der Waals surface area (Å²) >= 11 is 0. The van der Waals surface area contributed by atoms with Crippen LogP contribution in [0.4, 0.5) is 17.1 Å². The second kappa shape index (κ2) is 5.36. The van der Waals surface area contributed by atoms with E-state index in [1.807, 2.05) is 36.4 Å². The van der Waals surface area contributed by atoms with Gasteiger partial charge in [-0.05, 0) is 24.3 Å². The number of carbonyl (C=O) groups excluding carboxylic acids is 1. The molecule has 1 saturated heterocycles. The molecule has 2 heterocycles. The van der Waals surface area contributed by atoms with Crippen LogP contribution in [0.2, 0.25) is 0 Å². The number of rotatable bonds is 2. The lowest BCUT2D eigenvalue weighted by Gasteiger charge is -2.37. The molecule has 114 valence electrons. The Bertz CT molecular complexity index is 781. The fourth-order valence-electron chi connectivity index (χ4n) is 3.42. The average Bonchev–Trinajstić information content (AvgIpc) is 3.05. The highest BCUT2D eigenvalue weighted by Crippen LogP contribution is 2.39. The van der Waals surface area contributed by atoms with Crippen LogP contribution in [0.5, 0.6) is 0 Å². The highest BCUT2D eigenvalue weighted by Gasteiger charge is 2.43. The Kier molecular flexibility index (Phi) is 3.20. The minimum atomic E-state index is -0.182. The van der Waals surface area contributed by atoms with Crippen molar-refractivity contribution in [1.29, 1.82) is 0 Å². The van der Waals surface area contributed by atoms with E-state index in [4.69, 9.17) is 6.42 Å². The van der Waals surface area contributed by atoms with Crippen molar-refractivity contribution < 1.29 is 4.79 Å². The van der Waals surface area contributed by atoms with Gasteiger partial charge in [0.1, 0.15) is 6.04 Å². The van der Waals surface area contributed by atoms with Crippen LogP contribution in [0, 0.1) is 12.3 Å². The number of anilines is 3. The van der Waals surface area contributed by atoms with Crippen molar-refractivity contribution >= 4 is 23.0 Å². The molecule has 2 aromatic rings. The molecule has 0 unspecified atom stereocenters. The number of para-hydroxylation sites is 3. The van der Waals surface area contributed by atoms with Crippen LogP contribution in [0.25, 0.3) is 0 Å². The predicted molar refractivity (Wildman–Crippen MR) is 92.6 cm³/mol.